The molecule has 2 aliphatic carbocycles. The number of fused-ring (bicyclic) bond motifs is 3. The quantitative estimate of drug-likeness (QED) is 0.810. The van der Waals surface area contributed by atoms with Crippen LogP contribution in [0.2, 0.25) is 0 Å². The summed E-state index contributed by atoms with van der Waals surface area (Å²) in [6.07, 6.45) is 10.2. The van der Waals surface area contributed by atoms with Crippen LogP contribution in [-0.2, 0) is 11.2 Å². The SMILES string of the molecule is OCCOC[C@H]1CCc2sc3ncnc(OC4CCCCC4)c3c21. The molecule has 0 amide bonds. The van der Waals surface area contributed by atoms with Crippen LogP contribution in [0.25, 0.3) is 10.2 Å². The first-order chi connectivity index (χ1) is 11.9. The average Bonchev–Trinajstić information content (AvgIpc) is 3.16. The van der Waals surface area contributed by atoms with Gasteiger partial charge in [-0.15, -0.1) is 11.3 Å². The van der Waals surface area contributed by atoms with Crippen LogP contribution in [0.4, 0.5) is 0 Å². The third kappa shape index (κ3) is 3.15. The van der Waals surface area contributed by atoms with Crippen molar-refractivity contribution in [2.45, 2.75) is 57.0 Å². The number of aliphatic hydroxyl groups excluding tert-OH is 1. The minimum Gasteiger partial charge on any atom is -0.474 e. The van der Waals surface area contributed by atoms with Crippen molar-refractivity contribution >= 4 is 21.6 Å². The number of thiophene rings is 1. The Balaban J connectivity index is 1.63. The largest absolute Gasteiger partial charge is 0.474 e. The monoisotopic (exact) mass is 348 g/mol. The van der Waals surface area contributed by atoms with Crippen LogP contribution in [0.3, 0.4) is 0 Å². The van der Waals surface area contributed by atoms with Gasteiger partial charge in [-0.3, -0.25) is 0 Å². The molecular weight excluding hydrogens is 324 g/mol. The summed E-state index contributed by atoms with van der Waals surface area (Å²) < 4.78 is 11.9. The van der Waals surface area contributed by atoms with E-state index in [1.165, 1.54) is 29.7 Å². The van der Waals surface area contributed by atoms with Crippen molar-refractivity contribution in [3.63, 3.8) is 0 Å². The standard InChI is InChI=1S/C18H24N2O3S/c21-8-9-22-10-12-6-7-14-15(12)16-17(19-11-20-18(16)24-14)23-13-4-2-1-3-5-13/h11-13,21H,1-10H2/t12-/m1/s1. The topological polar surface area (TPSA) is 64.5 Å². The van der Waals surface area contributed by atoms with Gasteiger partial charge < -0.3 is 14.6 Å². The van der Waals surface area contributed by atoms with E-state index in [1.807, 2.05) is 0 Å². The minimum absolute atomic E-state index is 0.0725. The molecule has 24 heavy (non-hydrogen) atoms. The predicted molar refractivity (Wildman–Crippen MR) is 93.9 cm³/mol. The number of aromatic nitrogens is 2. The number of nitrogens with zero attached hydrogens (tertiary/aromatic N) is 2. The molecule has 1 atom stereocenters. The van der Waals surface area contributed by atoms with E-state index in [9.17, 15) is 0 Å². The molecule has 2 aromatic heterocycles. The summed E-state index contributed by atoms with van der Waals surface area (Å²) in [6, 6.07) is 0. The molecule has 2 heterocycles. The zero-order valence-corrected chi connectivity index (χ0v) is 14.7. The highest BCUT2D eigenvalue weighted by Gasteiger charge is 2.31. The van der Waals surface area contributed by atoms with Crippen molar-refractivity contribution in [3.05, 3.63) is 16.8 Å². The fraction of sp³-hybridized carbons (Fsp3) is 0.667. The summed E-state index contributed by atoms with van der Waals surface area (Å²) in [5.74, 6) is 1.12. The molecule has 5 nitrogen and oxygen atoms in total. The number of aryl methyl sites for hydroxylation is 1. The lowest BCUT2D eigenvalue weighted by Crippen LogP contribution is -2.20. The van der Waals surface area contributed by atoms with Crippen LogP contribution in [0.5, 0.6) is 5.88 Å². The third-order valence-corrected chi connectivity index (χ3v) is 6.25. The second-order valence-electron chi connectivity index (χ2n) is 6.71. The van der Waals surface area contributed by atoms with E-state index < -0.39 is 0 Å². The van der Waals surface area contributed by atoms with Crippen molar-refractivity contribution in [3.8, 4) is 5.88 Å². The van der Waals surface area contributed by atoms with Crippen molar-refractivity contribution < 1.29 is 14.6 Å². The predicted octanol–water partition coefficient (Wildman–Crippen LogP) is 3.44. The molecule has 2 aliphatic rings. The lowest BCUT2D eigenvalue weighted by molar-refractivity contribution is 0.0826. The zero-order chi connectivity index (χ0) is 16.4. The molecule has 0 radical (unpaired) electrons. The lowest BCUT2D eigenvalue weighted by atomic mass is 9.97. The zero-order valence-electron chi connectivity index (χ0n) is 13.9. The van der Waals surface area contributed by atoms with Crippen LogP contribution in [0.15, 0.2) is 6.33 Å². The van der Waals surface area contributed by atoms with Crippen LogP contribution in [-0.4, -0.2) is 41.0 Å². The summed E-state index contributed by atoms with van der Waals surface area (Å²) in [6.45, 7) is 1.12. The van der Waals surface area contributed by atoms with Crippen LogP contribution >= 0.6 is 11.3 Å². The smallest absolute Gasteiger partial charge is 0.225 e. The van der Waals surface area contributed by atoms with Crippen LogP contribution in [0, 0.1) is 0 Å². The average molecular weight is 348 g/mol. The second kappa shape index (κ2) is 7.33. The van der Waals surface area contributed by atoms with Crippen molar-refractivity contribution in [1.82, 2.24) is 9.97 Å². The van der Waals surface area contributed by atoms with Crippen molar-refractivity contribution in [2.24, 2.45) is 0 Å². The van der Waals surface area contributed by atoms with Gasteiger partial charge in [-0.25, -0.2) is 9.97 Å². The minimum atomic E-state index is 0.0725. The van der Waals surface area contributed by atoms with Gasteiger partial charge in [0.05, 0.1) is 25.2 Å². The van der Waals surface area contributed by atoms with E-state index in [0.717, 1.165) is 41.8 Å². The maximum atomic E-state index is 8.93. The highest BCUT2D eigenvalue weighted by Crippen LogP contribution is 2.46. The maximum absolute atomic E-state index is 8.93. The number of hydrogen-bond donors (Lipinski definition) is 1. The van der Waals surface area contributed by atoms with E-state index >= 15 is 0 Å². The Kier molecular flexibility index (Phi) is 4.96. The molecule has 0 aromatic carbocycles. The Labute approximate surface area is 146 Å². The van der Waals surface area contributed by atoms with Gasteiger partial charge in [0.15, 0.2) is 0 Å². The van der Waals surface area contributed by atoms with E-state index in [1.54, 1.807) is 17.7 Å². The Morgan fingerprint density at radius 1 is 1.17 bits per heavy atom. The van der Waals surface area contributed by atoms with Gasteiger partial charge >= 0.3 is 0 Å². The Bertz CT molecular complexity index is 697. The number of ether oxygens (including phenoxy) is 2. The fourth-order valence-corrected chi connectivity index (χ4v) is 5.16. The van der Waals surface area contributed by atoms with Gasteiger partial charge in [-0.05, 0) is 44.1 Å². The molecular formula is C18H24N2O3S. The molecule has 0 saturated heterocycles. The first-order valence-electron chi connectivity index (χ1n) is 8.98. The van der Waals surface area contributed by atoms with Crippen molar-refractivity contribution in [1.29, 1.82) is 0 Å². The molecule has 0 bridgehead atoms. The summed E-state index contributed by atoms with van der Waals surface area (Å²) in [4.78, 5) is 11.4. The maximum Gasteiger partial charge on any atom is 0.225 e. The highest BCUT2D eigenvalue weighted by molar-refractivity contribution is 7.19. The summed E-state index contributed by atoms with van der Waals surface area (Å²) in [5, 5.41) is 10.0. The molecule has 1 saturated carbocycles. The molecule has 6 heteroatoms. The van der Waals surface area contributed by atoms with Gasteiger partial charge in [-0.2, -0.15) is 0 Å². The molecule has 0 aliphatic heterocycles. The van der Waals surface area contributed by atoms with Gasteiger partial charge in [-0.1, -0.05) is 6.42 Å². The van der Waals surface area contributed by atoms with Crippen molar-refractivity contribution in [2.75, 3.05) is 19.8 Å². The van der Waals surface area contributed by atoms with Gasteiger partial charge in [0.2, 0.25) is 5.88 Å². The third-order valence-electron chi connectivity index (χ3n) is 5.08. The van der Waals surface area contributed by atoms with Crippen LogP contribution < -0.4 is 4.74 Å². The molecule has 0 unspecified atom stereocenters. The van der Waals surface area contributed by atoms with Gasteiger partial charge in [0.1, 0.15) is 17.3 Å². The fourth-order valence-electron chi connectivity index (χ4n) is 3.93. The van der Waals surface area contributed by atoms with E-state index in [0.29, 0.717) is 19.1 Å². The first kappa shape index (κ1) is 16.2. The molecule has 1 N–H and O–H groups in total. The normalized spacial score (nSPS) is 21.3. The summed E-state index contributed by atoms with van der Waals surface area (Å²) in [5.41, 5.74) is 1.33. The molecule has 0 spiro atoms. The van der Waals surface area contributed by atoms with E-state index in [2.05, 4.69) is 9.97 Å². The molecule has 1 fully saturated rings. The molecule has 130 valence electrons. The Morgan fingerprint density at radius 2 is 2.04 bits per heavy atom. The number of hydrogen-bond acceptors (Lipinski definition) is 6. The number of rotatable bonds is 6. The number of aliphatic hydroxyl groups is 1. The van der Waals surface area contributed by atoms with Crippen LogP contribution in [0.1, 0.15) is 54.9 Å². The Hall–Kier alpha value is -1.24. The summed E-state index contributed by atoms with van der Waals surface area (Å²) in [7, 11) is 0. The second-order valence-corrected chi connectivity index (χ2v) is 7.79. The van der Waals surface area contributed by atoms with E-state index in [4.69, 9.17) is 14.6 Å². The van der Waals surface area contributed by atoms with Gasteiger partial charge in [0.25, 0.3) is 0 Å². The highest BCUT2D eigenvalue weighted by atomic mass is 32.1. The van der Waals surface area contributed by atoms with E-state index in [-0.39, 0.29) is 12.7 Å². The molecule has 4 rings (SSSR count). The lowest BCUT2D eigenvalue weighted by Gasteiger charge is -2.23. The van der Waals surface area contributed by atoms with Gasteiger partial charge in [0, 0.05) is 10.8 Å². The first-order valence-corrected chi connectivity index (χ1v) is 9.80. The Morgan fingerprint density at radius 3 is 2.88 bits per heavy atom. The molecule has 2 aromatic rings. The summed E-state index contributed by atoms with van der Waals surface area (Å²) >= 11 is 1.77.